The summed E-state index contributed by atoms with van der Waals surface area (Å²) in [6, 6.07) is 0. The Hall–Kier alpha value is -2.10. The van der Waals surface area contributed by atoms with E-state index in [1.807, 2.05) is 0 Å². The van der Waals surface area contributed by atoms with Gasteiger partial charge in [0.1, 0.15) is 29.6 Å². The van der Waals surface area contributed by atoms with Crippen LogP contribution in [-0.4, -0.2) is 96.2 Å². The quantitative estimate of drug-likeness (QED) is 0.0434. The van der Waals surface area contributed by atoms with Gasteiger partial charge in [-0.3, -0.25) is 0 Å². The van der Waals surface area contributed by atoms with Crippen LogP contribution in [0.2, 0.25) is 18.1 Å². The molecule has 0 saturated heterocycles. The Labute approximate surface area is 256 Å². The number of esters is 3. The minimum absolute atomic E-state index is 0.0321. The van der Waals surface area contributed by atoms with Crippen LogP contribution in [0.25, 0.3) is 0 Å². The molecule has 1 unspecified atom stereocenters. The lowest BCUT2D eigenvalue weighted by Crippen LogP contribution is -2.35. The van der Waals surface area contributed by atoms with E-state index in [-0.39, 0.29) is 24.9 Å². The minimum Gasteiger partial charge on any atom is -0.463 e. The second-order valence-corrected chi connectivity index (χ2v) is 14.8. The van der Waals surface area contributed by atoms with E-state index in [1.54, 1.807) is 20.8 Å². The van der Waals surface area contributed by atoms with Crippen LogP contribution in [0.4, 0.5) is 0 Å². The van der Waals surface area contributed by atoms with Crippen molar-refractivity contribution in [1.82, 2.24) is 0 Å². The van der Waals surface area contributed by atoms with Crippen LogP contribution in [0.3, 0.4) is 0 Å². The van der Waals surface area contributed by atoms with Crippen molar-refractivity contribution in [2.75, 3.05) is 59.5 Å². The molecular weight excluding hydrogens is 576 g/mol. The highest BCUT2D eigenvalue weighted by Crippen LogP contribution is 2.46. The smallest absolute Gasteiger partial charge is 0.333 e. The summed E-state index contributed by atoms with van der Waals surface area (Å²) in [5.74, 6) is -1.23. The molecule has 12 heteroatoms. The fourth-order valence-corrected chi connectivity index (χ4v) is 9.49. The fraction of sp³-hybridized carbons (Fsp3) is 0.700. The van der Waals surface area contributed by atoms with Crippen LogP contribution in [0.15, 0.2) is 36.5 Å². The third-order valence-corrected chi connectivity index (χ3v) is 12.5. The number of hydrogen-bond donors (Lipinski definition) is 0. The zero-order chi connectivity index (χ0) is 31.8. The highest BCUT2D eigenvalue weighted by atomic mass is 28.3. The second kappa shape index (κ2) is 24.4. The third-order valence-electron chi connectivity index (χ3n) is 6.60. The lowest BCUT2D eigenvalue weighted by Gasteiger charge is -2.39. The lowest BCUT2D eigenvalue weighted by atomic mass is 9.91. The van der Waals surface area contributed by atoms with Crippen molar-refractivity contribution in [3.8, 4) is 0 Å². The zero-order valence-electron chi connectivity index (χ0n) is 26.6. The zero-order valence-corrected chi connectivity index (χ0v) is 29.2. The number of hydrogen-bond acceptors (Lipinski definition) is 10. The molecule has 0 aliphatic carbocycles. The predicted molar refractivity (Wildman–Crippen MR) is 169 cm³/mol. The van der Waals surface area contributed by atoms with Crippen molar-refractivity contribution in [2.45, 2.75) is 77.4 Å². The summed E-state index contributed by atoms with van der Waals surface area (Å²) in [4.78, 5) is 34.6. The SMILES string of the molecule is C=C(C)C(=O)OCCOCCCC(CCCOCCOC(=O)C(=C)C)(CCCOCCOC(=O)C(=C)C)[SiH](C)O[SiH2]C. The van der Waals surface area contributed by atoms with Gasteiger partial charge in [0.05, 0.1) is 19.8 Å². The molecule has 0 N–H and O–H groups in total. The third kappa shape index (κ3) is 19.2. The Bertz CT molecular complexity index is 748. The summed E-state index contributed by atoms with van der Waals surface area (Å²) < 4.78 is 38.9. The molecule has 0 amide bonds. The summed E-state index contributed by atoms with van der Waals surface area (Å²) in [7, 11) is -2.14. The van der Waals surface area contributed by atoms with Gasteiger partial charge in [0.2, 0.25) is 0 Å². The van der Waals surface area contributed by atoms with Crippen molar-refractivity contribution >= 4 is 36.7 Å². The van der Waals surface area contributed by atoms with E-state index in [4.69, 9.17) is 32.5 Å². The van der Waals surface area contributed by atoms with Gasteiger partial charge in [-0.15, -0.1) is 0 Å². The van der Waals surface area contributed by atoms with Crippen molar-refractivity contribution in [2.24, 2.45) is 0 Å². The maximum atomic E-state index is 11.5. The molecule has 0 aliphatic rings. The van der Waals surface area contributed by atoms with Gasteiger partial charge in [-0.25, -0.2) is 14.4 Å². The van der Waals surface area contributed by atoms with E-state index in [0.29, 0.717) is 56.4 Å². The molecule has 0 aliphatic heterocycles. The van der Waals surface area contributed by atoms with Gasteiger partial charge < -0.3 is 32.5 Å². The first-order chi connectivity index (χ1) is 20.0. The predicted octanol–water partition coefficient (Wildman–Crippen LogP) is 3.98. The van der Waals surface area contributed by atoms with Crippen LogP contribution >= 0.6 is 0 Å². The van der Waals surface area contributed by atoms with Crippen LogP contribution in [0, 0.1) is 0 Å². The molecule has 0 saturated carbocycles. The number of carbonyl (C=O) groups excluding carboxylic acids is 3. The molecule has 1 atom stereocenters. The summed E-state index contributed by atoms with van der Waals surface area (Å²) in [6.45, 7) is 23.3. The first kappa shape index (κ1) is 39.9. The standard InChI is InChI=1S/C30H54O10Si2/c1-24(2)27(31)37-21-18-34-15-9-12-30(42(8)40-41-7,13-10-16-35-19-22-38-28(32)25(3)4)14-11-17-36-20-23-39-29(33)26(5)6/h42H,1,3,5,9-23,41H2,2,4,6-8H3. The van der Waals surface area contributed by atoms with Crippen molar-refractivity contribution in [3.63, 3.8) is 0 Å². The van der Waals surface area contributed by atoms with Crippen molar-refractivity contribution < 1.29 is 46.9 Å². The van der Waals surface area contributed by atoms with E-state index in [1.165, 1.54) is 0 Å². The molecule has 10 nitrogen and oxygen atoms in total. The maximum absolute atomic E-state index is 11.5. The normalized spacial score (nSPS) is 12.2. The van der Waals surface area contributed by atoms with Gasteiger partial charge >= 0.3 is 17.9 Å². The molecule has 42 heavy (non-hydrogen) atoms. The van der Waals surface area contributed by atoms with E-state index in [2.05, 4.69) is 32.8 Å². The van der Waals surface area contributed by atoms with Gasteiger partial charge in [-0.05, 0) is 70.9 Å². The molecule has 0 aromatic rings. The highest BCUT2D eigenvalue weighted by molar-refractivity contribution is 6.60. The largest absolute Gasteiger partial charge is 0.463 e. The monoisotopic (exact) mass is 630 g/mol. The van der Waals surface area contributed by atoms with Crippen molar-refractivity contribution in [3.05, 3.63) is 36.5 Å². The molecule has 0 rings (SSSR count). The Balaban J connectivity index is 4.94. The van der Waals surface area contributed by atoms with Crippen molar-refractivity contribution in [1.29, 1.82) is 0 Å². The molecule has 0 radical (unpaired) electrons. The first-order valence-electron chi connectivity index (χ1n) is 14.8. The Morgan fingerprint density at radius 3 is 1.17 bits per heavy atom. The molecule has 242 valence electrons. The van der Waals surface area contributed by atoms with E-state index >= 15 is 0 Å². The van der Waals surface area contributed by atoms with Crippen LogP contribution in [-0.2, 0) is 46.9 Å². The second-order valence-electron chi connectivity index (χ2n) is 10.4. The Morgan fingerprint density at radius 2 is 0.905 bits per heavy atom. The number of carbonyl (C=O) groups is 3. The number of rotatable bonds is 27. The lowest BCUT2D eigenvalue weighted by molar-refractivity contribution is -0.141. The molecular formula is C30H54O10Si2. The average molecular weight is 631 g/mol. The first-order valence-corrected chi connectivity index (χ1v) is 19.0. The van der Waals surface area contributed by atoms with E-state index in [9.17, 15) is 14.4 Å². The van der Waals surface area contributed by atoms with Crippen LogP contribution in [0.1, 0.15) is 59.3 Å². The van der Waals surface area contributed by atoms with Crippen LogP contribution in [0.5, 0.6) is 0 Å². The van der Waals surface area contributed by atoms with E-state index in [0.717, 1.165) is 38.5 Å². The molecule has 0 aromatic heterocycles. The Kier molecular flexibility index (Phi) is 23.1. The van der Waals surface area contributed by atoms with Gasteiger partial charge in [-0.2, -0.15) is 0 Å². The molecule has 0 spiro atoms. The topological polar surface area (TPSA) is 116 Å². The van der Waals surface area contributed by atoms with Gasteiger partial charge in [0.15, 0.2) is 9.04 Å². The van der Waals surface area contributed by atoms with Gasteiger partial charge in [-0.1, -0.05) is 26.3 Å². The highest BCUT2D eigenvalue weighted by Gasteiger charge is 2.36. The summed E-state index contributed by atoms with van der Waals surface area (Å²) in [5, 5.41) is 0.0321. The average Bonchev–Trinajstić information content (AvgIpc) is 2.94. The molecule has 0 aromatic carbocycles. The Morgan fingerprint density at radius 1 is 0.595 bits per heavy atom. The van der Waals surface area contributed by atoms with Crippen LogP contribution < -0.4 is 0 Å². The summed E-state index contributed by atoms with van der Waals surface area (Å²) in [5.41, 5.74) is 1.10. The number of ether oxygens (including phenoxy) is 6. The minimum atomic E-state index is -1.56. The van der Waals surface area contributed by atoms with Gasteiger partial charge in [0, 0.05) is 36.5 Å². The van der Waals surface area contributed by atoms with E-state index < -0.39 is 36.7 Å². The maximum Gasteiger partial charge on any atom is 0.333 e. The molecule has 0 fully saturated rings. The summed E-state index contributed by atoms with van der Waals surface area (Å²) >= 11 is 0. The fourth-order valence-electron chi connectivity index (χ4n) is 4.25. The summed E-state index contributed by atoms with van der Waals surface area (Å²) in [6.07, 6.45) is 5.42. The molecule has 0 bridgehead atoms. The van der Waals surface area contributed by atoms with Gasteiger partial charge in [0.25, 0.3) is 0 Å². The molecule has 0 heterocycles.